The van der Waals surface area contributed by atoms with E-state index in [2.05, 4.69) is 16.9 Å². The molecule has 3 N–H and O–H groups in total. The van der Waals surface area contributed by atoms with Crippen molar-refractivity contribution in [3.8, 4) is 5.75 Å². The number of phenolic OH excluding ortho intramolecular Hbond substituents is 1. The van der Waals surface area contributed by atoms with Gasteiger partial charge < -0.3 is 10.0 Å². The number of carbonyl (C=O) groups excluding carboxylic acids is 1. The van der Waals surface area contributed by atoms with Crippen LogP contribution >= 0.6 is 11.6 Å². The summed E-state index contributed by atoms with van der Waals surface area (Å²) < 4.78 is 0. The van der Waals surface area contributed by atoms with Gasteiger partial charge in [-0.2, -0.15) is 0 Å². The molecule has 0 bridgehead atoms. The lowest BCUT2D eigenvalue weighted by molar-refractivity contribution is -0.132. The lowest BCUT2D eigenvalue weighted by Gasteiger charge is -2.20. The number of halogens is 1. The quantitative estimate of drug-likeness (QED) is 0.776. The van der Waals surface area contributed by atoms with Gasteiger partial charge in [-0.15, -0.1) is 0 Å². The number of nitrogens with zero attached hydrogens (tertiary/aromatic N) is 1. The Morgan fingerprint density at radius 2 is 1.88 bits per heavy atom. The third kappa shape index (κ3) is 3.43. The summed E-state index contributed by atoms with van der Waals surface area (Å²) in [5, 5.41) is 10.2. The van der Waals surface area contributed by atoms with Crippen LogP contribution in [0.2, 0.25) is 5.02 Å². The molecule has 0 radical (unpaired) electrons. The topological polar surface area (TPSA) is 64.6 Å². The van der Waals surface area contributed by atoms with Crippen molar-refractivity contribution in [2.24, 2.45) is 0 Å². The van der Waals surface area contributed by atoms with Crippen molar-refractivity contribution < 1.29 is 9.90 Å². The first-order chi connectivity index (χ1) is 12.6. The number of aromatic hydroxyl groups is 1. The SMILES string of the molecule is O=C(C1CC(c2ccc(O)cc2)NN1)N1CCC(c2ccccc2Cl)C1. The van der Waals surface area contributed by atoms with Gasteiger partial charge in [0.2, 0.25) is 5.91 Å². The highest BCUT2D eigenvalue weighted by atomic mass is 35.5. The zero-order chi connectivity index (χ0) is 18.1. The zero-order valence-corrected chi connectivity index (χ0v) is 15.1. The van der Waals surface area contributed by atoms with Crippen molar-refractivity contribution in [3.05, 3.63) is 64.7 Å². The van der Waals surface area contributed by atoms with Crippen molar-refractivity contribution in [3.63, 3.8) is 0 Å². The van der Waals surface area contributed by atoms with Gasteiger partial charge in [0.1, 0.15) is 11.8 Å². The van der Waals surface area contributed by atoms with E-state index < -0.39 is 0 Å². The molecule has 2 aromatic rings. The second-order valence-corrected chi connectivity index (χ2v) is 7.42. The summed E-state index contributed by atoms with van der Waals surface area (Å²) >= 11 is 6.31. The molecule has 3 unspecified atom stereocenters. The van der Waals surface area contributed by atoms with Gasteiger partial charge in [0.25, 0.3) is 0 Å². The largest absolute Gasteiger partial charge is 0.508 e. The van der Waals surface area contributed by atoms with Gasteiger partial charge in [-0.3, -0.25) is 4.79 Å². The number of likely N-dealkylation sites (tertiary alicyclic amines) is 1. The maximum absolute atomic E-state index is 12.9. The summed E-state index contributed by atoms with van der Waals surface area (Å²) in [5.41, 5.74) is 8.52. The minimum Gasteiger partial charge on any atom is -0.508 e. The number of hydrazine groups is 1. The fraction of sp³-hybridized carbons (Fsp3) is 0.350. The lowest BCUT2D eigenvalue weighted by atomic mass is 9.98. The average Bonchev–Trinajstić information content (AvgIpc) is 3.32. The molecule has 4 rings (SSSR count). The predicted octanol–water partition coefficient (Wildman–Crippen LogP) is 2.97. The van der Waals surface area contributed by atoms with Crippen molar-refractivity contribution in [2.45, 2.75) is 30.8 Å². The van der Waals surface area contributed by atoms with Crippen LogP contribution in [0.3, 0.4) is 0 Å². The third-order valence-corrected chi connectivity index (χ3v) is 5.69. The molecule has 26 heavy (non-hydrogen) atoms. The summed E-state index contributed by atoms with van der Waals surface area (Å²) in [6, 6.07) is 14.8. The summed E-state index contributed by atoms with van der Waals surface area (Å²) in [6.45, 7) is 1.47. The Balaban J connectivity index is 1.38. The van der Waals surface area contributed by atoms with E-state index in [0.717, 1.165) is 29.1 Å². The minimum atomic E-state index is -0.237. The monoisotopic (exact) mass is 371 g/mol. The van der Waals surface area contributed by atoms with Crippen LogP contribution in [0.1, 0.15) is 35.9 Å². The number of carbonyl (C=O) groups is 1. The van der Waals surface area contributed by atoms with Gasteiger partial charge in [-0.1, -0.05) is 41.9 Å². The number of nitrogens with one attached hydrogen (secondary N) is 2. The molecule has 2 aliphatic heterocycles. The number of hydrogen-bond acceptors (Lipinski definition) is 4. The molecule has 2 aliphatic rings. The van der Waals surface area contributed by atoms with Crippen molar-refractivity contribution in [1.29, 1.82) is 0 Å². The number of rotatable bonds is 3. The van der Waals surface area contributed by atoms with Gasteiger partial charge in [0, 0.05) is 30.1 Å². The van der Waals surface area contributed by atoms with Crippen LogP contribution in [0.25, 0.3) is 0 Å². The summed E-state index contributed by atoms with van der Waals surface area (Å²) in [6.07, 6.45) is 1.63. The van der Waals surface area contributed by atoms with Gasteiger partial charge in [0.15, 0.2) is 0 Å². The Bertz CT molecular complexity index is 796. The van der Waals surface area contributed by atoms with Gasteiger partial charge in [0.05, 0.1) is 0 Å². The first kappa shape index (κ1) is 17.3. The lowest BCUT2D eigenvalue weighted by Crippen LogP contribution is -2.44. The van der Waals surface area contributed by atoms with E-state index in [1.165, 1.54) is 0 Å². The molecule has 2 saturated heterocycles. The smallest absolute Gasteiger partial charge is 0.241 e. The van der Waals surface area contributed by atoms with Crippen LogP contribution < -0.4 is 10.9 Å². The van der Waals surface area contributed by atoms with Crippen LogP contribution in [-0.2, 0) is 4.79 Å². The van der Waals surface area contributed by atoms with Crippen LogP contribution in [0.5, 0.6) is 5.75 Å². The molecule has 5 nitrogen and oxygen atoms in total. The zero-order valence-electron chi connectivity index (χ0n) is 14.4. The number of amides is 1. The highest BCUT2D eigenvalue weighted by Gasteiger charge is 2.36. The van der Waals surface area contributed by atoms with Crippen LogP contribution in [-0.4, -0.2) is 35.0 Å². The molecule has 0 aromatic heterocycles. The first-order valence-corrected chi connectivity index (χ1v) is 9.33. The number of benzene rings is 2. The van der Waals surface area contributed by atoms with Crippen molar-refractivity contribution in [2.75, 3.05) is 13.1 Å². The number of phenols is 1. The Labute approximate surface area is 157 Å². The second-order valence-electron chi connectivity index (χ2n) is 7.01. The molecule has 3 atom stereocenters. The molecule has 136 valence electrons. The van der Waals surface area contributed by atoms with E-state index in [4.69, 9.17) is 11.6 Å². The van der Waals surface area contributed by atoms with E-state index in [9.17, 15) is 9.90 Å². The second kappa shape index (κ2) is 7.27. The maximum Gasteiger partial charge on any atom is 0.241 e. The van der Waals surface area contributed by atoms with Crippen molar-refractivity contribution in [1.82, 2.24) is 15.8 Å². The molecule has 2 aromatic carbocycles. The molecular weight excluding hydrogens is 350 g/mol. The Hall–Kier alpha value is -2.08. The fourth-order valence-corrected chi connectivity index (χ4v) is 4.17. The van der Waals surface area contributed by atoms with E-state index in [1.807, 2.05) is 35.2 Å². The fourth-order valence-electron chi connectivity index (χ4n) is 3.88. The standard InChI is InChI=1S/C20H22ClN3O2/c21-17-4-2-1-3-16(17)14-9-10-24(12-14)20(26)19-11-18(22-23-19)13-5-7-15(25)8-6-13/h1-8,14,18-19,22-23,25H,9-12H2. The molecule has 2 heterocycles. The molecular formula is C20H22ClN3O2. The summed E-state index contributed by atoms with van der Waals surface area (Å²) in [4.78, 5) is 14.8. The first-order valence-electron chi connectivity index (χ1n) is 8.95. The van der Waals surface area contributed by atoms with Gasteiger partial charge >= 0.3 is 0 Å². The Morgan fingerprint density at radius 3 is 2.65 bits per heavy atom. The third-order valence-electron chi connectivity index (χ3n) is 5.34. The predicted molar refractivity (Wildman–Crippen MR) is 101 cm³/mol. The minimum absolute atomic E-state index is 0.0616. The Morgan fingerprint density at radius 1 is 1.12 bits per heavy atom. The summed E-state index contributed by atoms with van der Waals surface area (Å²) in [7, 11) is 0. The molecule has 0 spiro atoms. The van der Waals surface area contributed by atoms with Crippen molar-refractivity contribution >= 4 is 17.5 Å². The van der Waals surface area contributed by atoms with Crippen LogP contribution in [0.15, 0.2) is 48.5 Å². The molecule has 1 amide bonds. The summed E-state index contributed by atoms with van der Waals surface area (Å²) in [5.74, 6) is 0.679. The highest BCUT2D eigenvalue weighted by molar-refractivity contribution is 6.31. The van der Waals surface area contributed by atoms with Crippen LogP contribution in [0, 0.1) is 0 Å². The normalized spacial score (nSPS) is 25.6. The van der Waals surface area contributed by atoms with E-state index in [0.29, 0.717) is 18.9 Å². The van der Waals surface area contributed by atoms with Crippen LogP contribution in [0.4, 0.5) is 0 Å². The maximum atomic E-state index is 12.9. The van der Waals surface area contributed by atoms with E-state index in [-0.39, 0.29) is 23.7 Å². The Kier molecular flexibility index (Phi) is 4.85. The van der Waals surface area contributed by atoms with Gasteiger partial charge in [-0.05, 0) is 42.2 Å². The van der Waals surface area contributed by atoms with E-state index in [1.54, 1.807) is 12.1 Å². The van der Waals surface area contributed by atoms with Gasteiger partial charge in [-0.25, -0.2) is 10.9 Å². The number of hydrogen-bond donors (Lipinski definition) is 3. The molecule has 0 aliphatic carbocycles. The highest BCUT2D eigenvalue weighted by Crippen LogP contribution is 2.33. The molecule has 0 saturated carbocycles. The average molecular weight is 372 g/mol. The molecule has 6 heteroatoms. The molecule has 2 fully saturated rings. The van der Waals surface area contributed by atoms with E-state index >= 15 is 0 Å².